The van der Waals surface area contributed by atoms with Crippen LogP contribution in [0.15, 0.2) is 106 Å². The number of likely N-dealkylation sites (tertiary alicyclic amines) is 2. The van der Waals surface area contributed by atoms with E-state index in [-0.39, 0.29) is 30.0 Å². The van der Waals surface area contributed by atoms with Crippen molar-refractivity contribution in [3.63, 3.8) is 0 Å². The predicted octanol–water partition coefficient (Wildman–Crippen LogP) is 11.4. The molecule has 4 atom stereocenters. The number of esters is 2. The third kappa shape index (κ3) is 17.3. The zero-order valence-corrected chi connectivity index (χ0v) is 44.1. The predicted molar refractivity (Wildman–Crippen MR) is 275 cm³/mol. The molecule has 0 saturated carbocycles. The van der Waals surface area contributed by atoms with Gasteiger partial charge in [0.15, 0.2) is 0 Å². The summed E-state index contributed by atoms with van der Waals surface area (Å²) >= 11 is 6.98. The smallest absolute Gasteiger partial charge is 0.410 e. The minimum Gasteiger partial charge on any atom is -0.465 e. The van der Waals surface area contributed by atoms with Crippen LogP contribution in [0.3, 0.4) is 0 Å². The molecule has 0 aromatic heterocycles. The molecule has 4 aliphatic rings. The van der Waals surface area contributed by atoms with Gasteiger partial charge < -0.3 is 39.4 Å². The van der Waals surface area contributed by atoms with E-state index < -0.39 is 11.2 Å². The molecule has 4 unspecified atom stereocenters. The van der Waals surface area contributed by atoms with Crippen molar-refractivity contribution < 1.29 is 38.1 Å². The van der Waals surface area contributed by atoms with Crippen LogP contribution in [0.2, 0.25) is 0 Å². The highest BCUT2D eigenvalue weighted by atomic mass is 79.9. The molecule has 4 aromatic carbocycles. The molecule has 4 fully saturated rings. The minimum atomic E-state index is -0.486. The SMILES string of the molecule is Brc1cccc(C2CCNC2)c1.CC(C)(C)OC(=O)N1CCC(c2cccc(Br)c2)C1.COC(=O)c1cccc(C2CCN(C(=O)OC(C)(C)C)C2)c1.COC(=O)c1cccc(C2CCNC2)c1. The van der Waals surface area contributed by atoms with E-state index in [0.29, 0.717) is 36.1 Å². The number of hydrogen-bond donors (Lipinski definition) is 2. The van der Waals surface area contributed by atoms with Crippen molar-refractivity contribution in [1.82, 2.24) is 20.4 Å². The van der Waals surface area contributed by atoms with Crippen LogP contribution in [0.5, 0.6) is 0 Å². The van der Waals surface area contributed by atoms with Gasteiger partial charge >= 0.3 is 24.1 Å². The summed E-state index contributed by atoms with van der Waals surface area (Å²) in [7, 11) is 2.78. The first kappa shape index (κ1) is 54.2. The average molecular weight is 1060 g/mol. The Labute approximate surface area is 420 Å². The van der Waals surface area contributed by atoms with E-state index in [1.54, 1.807) is 21.9 Å². The lowest BCUT2D eigenvalue weighted by Crippen LogP contribution is -2.35. The Morgan fingerprint density at radius 3 is 1.21 bits per heavy atom. The number of nitrogens with zero attached hydrogens (tertiary/aromatic N) is 2. The van der Waals surface area contributed by atoms with Crippen molar-refractivity contribution in [3.05, 3.63) is 139 Å². The third-order valence-electron chi connectivity index (χ3n) is 12.0. The normalized spacial score (nSPS) is 19.9. The number of nitrogens with one attached hydrogen (secondary N) is 2. The summed E-state index contributed by atoms with van der Waals surface area (Å²) in [5, 5.41) is 6.69. The molecule has 2 amide bonds. The highest BCUT2D eigenvalue weighted by Crippen LogP contribution is 2.31. The molecule has 368 valence electrons. The molecule has 8 rings (SSSR count). The van der Waals surface area contributed by atoms with Crippen molar-refractivity contribution in [1.29, 1.82) is 0 Å². The maximum atomic E-state index is 12.1. The number of rotatable bonds is 6. The number of hydrogen-bond acceptors (Lipinski definition) is 10. The lowest BCUT2D eigenvalue weighted by atomic mass is 9.97. The standard InChI is InChI=1S/C17H23NO4.C15H20BrNO2.C12H15NO2.C10H12BrN/c1-17(2,3)22-16(20)18-9-8-14(11-18)12-6-5-7-13(10-12)15(19)21-4;1-15(2,3)19-14(18)17-8-7-12(10-17)11-5-4-6-13(16)9-11;1-15-12(14)10-4-2-3-9(7-10)11-5-6-13-8-11;11-10-3-1-2-8(6-10)9-4-5-12-7-9/h5-7,10,14H,8-9,11H2,1-4H3;4-6,9,12H,7-8,10H2,1-3H3;2-4,7,11,13H,5-6,8H2,1H3;1-3,6,9,12H,4-5,7H2. The molecule has 12 nitrogen and oxygen atoms in total. The van der Waals surface area contributed by atoms with Crippen molar-refractivity contribution in [3.8, 4) is 0 Å². The van der Waals surface area contributed by atoms with Crippen LogP contribution in [0.4, 0.5) is 9.59 Å². The Hall–Kier alpha value is -4.76. The summed E-state index contributed by atoms with van der Waals surface area (Å²) < 4.78 is 22.5. The van der Waals surface area contributed by atoms with Crippen molar-refractivity contribution in [2.45, 2.75) is 102 Å². The van der Waals surface area contributed by atoms with E-state index in [9.17, 15) is 19.2 Å². The fraction of sp³-hybridized carbons (Fsp3) is 0.481. The van der Waals surface area contributed by atoms with Crippen LogP contribution >= 0.6 is 31.9 Å². The van der Waals surface area contributed by atoms with Crippen LogP contribution in [0.1, 0.15) is 134 Å². The first-order valence-electron chi connectivity index (χ1n) is 23.6. The van der Waals surface area contributed by atoms with Gasteiger partial charge in [-0.25, -0.2) is 19.2 Å². The van der Waals surface area contributed by atoms with Gasteiger partial charge in [0.05, 0.1) is 25.3 Å². The maximum Gasteiger partial charge on any atom is 0.410 e. The van der Waals surface area contributed by atoms with E-state index >= 15 is 0 Å². The number of ether oxygens (including phenoxy) is 4. The van der Waals surface area contributed by atoms with Crippen LogP contribution < -0.4 is 10.6 Å². The third-order valence-corrected chi connectivity index (χ3v) is 13.0. The molecule has 0 spiro atoms. The molecule has 4 aliphatic heterocycles. The monoisotopic (exact) mass is 1060 g/mol. The Morgan fingerprint density at radius 2 is 0.868 bits per heavy atom. The van der Waals surface area contributed by atoms with Gasteiger partial charge in [-0.3, -0.25) is 0 Å². The van der Waals surface area contributed by atoms with Crippen LogP contribution in [0.25, 0.3) is 0 Å². The Bertz CT molecular complexity index is 2280. The van der Waals surface area contributed by atoms with E-state index in [0.717, 1.165) is 74.5 Å². The molecule has 2 N–H and O–H groups in total. The summed E-state index contributed by atoms with van der Waals surface area (Å²) in [5.41, 5.74) is 5.27. The van der Waals surface area contributed by atoms with Gasteiger partial charge in [0.25, 0.3) is 0 Å². The first-order chi connectivity index (χ1) is 32.3. The van der Waals surface area contributed by atoms with Gasteiger partial charge in [0, 0.05) is 60.0 Å². The molecule has 4 saturated heterocycles. The van der Waals surface area contributed by atoms with E-state index in [1.165, 1.54) is 41.8 Å². The summed E-state index contributed by atoms with van der Waals surface area (Å²) in [6.07, 6.45) is 3.80. The second kappa shape index (κ2) is 25.7. The maximum absolute atomic E-state index is 12.1. The van der Waals surface area contributed by atoms with Crippen LogP contribution in [0, 0.1) is 0 Å². The number of carbonyl (C=O) groups excluding carboxylic acids is 4. The van der Waals surface area contributed by atoms with Gasteiger partial charge in [-0.1, -0.05) is 80.4 Å². The molecule has 0 bridgehead atoms. The van der Waals surface area contributed by atoms with Crippen molar-refractivity contribution in [2.75, 3.05) is 66.6 Å². The Morgan fingerprint density at radius 1 is 0.515 bits per heavy atom. The average Bonchev–Trinajstić information content (AvgIpc) is 4.17. The topological polar surface area (TPSA) is 136 Å². The Balaban J connectivity index is 0.000000173. The van der Waals surface area contributed by atoms with E-state index in [2.05, 4.69) is 85.0 Å². The number of methoxy groups -OCH3 is 2. The number of carbonyl (C=O) groups is 4. The molecule has 0 radical (unpaired) electrons. The first-order valence-corrected chi connectivity index (χ1v) is 25.2. The van der Waals surface area contributed by atoms with Crippen molar-refractivity contribution >= 4 is 56.0 Å². The van der Waals surface area contributed by atoms with Gasteiger partial charge in [0.2, 0.25) is 0 Å². The largest absolute Gasteiger partial charge is 0.465 e. The fourth-order valence-electron chi connectivity index (χ4n) is 8.52. The van der Waals surface area contributed by atoms with E-state index in [4.69, 9.17) is 18.9 Å². The van der Waals surface area contributed by atoms with Crippen LogP contribution in [-0.4, -0.2) is 112 Å². The number of benzene rings is 4. The van der Waals surface area contributed by atoms with Gasteiger partial charge in [0.1, 0.15) is 11.2 Å². The zero-order chi connectivity index (χ0) is 49.4. The summed E-state index contributed by atoms with van der Waals surface area (Å²) in [6.45, 7) is 18.4. The molecular formula is C54H70Br2N4O8. The lowest BCUT2D eigenvalue weighted by molar-refractivity contribution is 0.0282. The van der Waals surface area contributed by atoms with Crippen molar-refractivity contribution in [2.24, 2.45) is 0 Å². The summed E-state index contributed by atoms with van der Waals surface area (Å²) in [5.74, 6) is 1.28. The molecular weight excluding hydrogens is 992 g/mol. The minimum absolute atomic E-state index is 0.204. The van der Waals surface area contributed by atoms with Crippen LogP contribution in [-0.2, 0) is 18.9 Å². The second-order valence-corrected chi connectivity index (χ2v) is 21.4. The number of halogens is 2. The molecule has 14 heteroatoms. The van der Waals surface area contributed by atoms with Gasteiger partial charge in [-0.05, 0) is 163 Å². The Kier molecular flexibility index (Phi) is 20.5. The molecule has 4 aromatic rings. The summed E-state index contributed by atoms with van der Waals surface area (Å²) in [4.78, 5) is 50.6. The fourth-order valence-corrected chi connectivity index (χ4v) is 9.36. The second-order valence-electron chi connectivity index (χ2n) is 19.5. The molecule has 68 heavy (non-hydrogen) atoms. The summed E-state index contributed by atoms with van der Waals surface area (Å²) in [6, 6.07) is 32.0. The zero-order valence-electron chi connectivity index (χ0n) is 40.9. The van der Waals surface area contributed by atoms with Gasteiger partial charge in [-0.15, -0.1) is 0 Å². The van der Waals surface area contributed by atoms with Gasteiger partial charge in [-0.2, -0.15) is 0 Å². The molecule has 4 heterocycles. The lowest BCUT2D eigenvalue weighted by Gasteiger charge is -2.24. The molecule has 0 aliphatic carbocycles. The number of amides is 2. The highest BCUT2D eigenvalue weighted by Gasteiger charge is 2.32. The highest BCUT2D eigenvalue weighted by molar-refractivity contribution is 9.10. The van der Waals surface area contributed by atoms with E-state index in [1.807, 2.05) is 84.0 Å². The quantitative estimate of drug-likeness (QED) is 0.142.